The highest BCUT2D eigenvalue weighted by Gasteiger charge is 2.35. The predicted octanol–water partition coefficient (Wildman–Crippen LogP) is 0.322. The molecular formula is C19H33N3O7. The summed E-state index contributed by atoms with van der Waals surface area (Å²) in [4.78, 5) is 60.7. The summed E-state index contributed by atoms with van der Waals surface area (Å²) in [5.41, 5.74) is 1.23. The highest BCUT2D eigenvalue weighted by molar-refractivity contribution is 6.40. The average Bonchev–Trinajstić information content (AvgIpc) is 2.63. The zero-order chi connectivity index (χ0) is 22.7. The van der Waals surface area contributed by atoms with Crippen molar-refractivity contribution in [2.45, 2.75) is 66.5 Å². The summed E-state index contributed by atoms with van der Waals surface area (Å²) in [6, 6.07) is -1.93. The number of ether oxygens (including phenoxy) is 1. The average molecular weight is 415 g/mol. The molecule has 0 aromatic carbocycles. The minimum atomic E-state index is -1.35. The number of Topliss-reactive ketones (excluding diaryl/α,β-unsaturated/α-hetero) is 1. The van der Waals surface area contributed by atoms with Crippen molar-refractivity contribution >= 4 is 29.5 Å². The van der Waals surface area contributed by atoms with Crippen LogP contribution in [0.1, 0.15) is 54.4 Å². The maximum atomic E-state index is 12.7. The minimum absolute atomic E-state index is 0.0175. The molecule has 4 N–H and O–H groups in total. The SMILES string of the molecule is CCOC(=O)[C@H](C)NC(=O)[C@H](CC(C)C)NC(=O)C(CC(C)C)C(=O)C(=O)NO. The number of ketones is 1. The standard InChI is InChI=1S/C19H33N3O7/c1-7-29-19(27)12(6)20-17(25)14(9-11(4)5)21-16(24)13(8-10(2)3)15(23)18(26)22-28/h10-14,28H,7-9H2,1-6H3,(H,20,25)(H,21,24)(H,22,26)/t12-,13?,14-/m0/s1. The molecule has 0 rings (SSSR count). The summed E-state index contributed by atoms with van der Waals surface area (Å²) in [5, 5.41) is 13.7. The largest absolute Gasteiger partial charge is 0.464 e. The lowest BCUT2D eigenvalue weighted by molar-refractivity contribution is -0.149. The number of carbonyl (C=O) groups excluding carboxylic acids is 5. The summed E-state index contributed by atoms with van der Waals surface area (Å²) in [6.45, 7) is 10.5. The van der Waals surface area contributed by atoms with Crippen LogP contribution >= 0.6 is 0 Å². The van der Waals surface area contributed by atoms with Crippen LogP contribution < -0.4 is 16.1 Å². The van der Waals surface area contributed by atoms with Crippen molar-refractivity contribution in [1.82, 2.24) is 16.1 Å². The van der Waals surface area contributed by atoms with Crippen molar-refractivity contribution in [3.8, 4) is 0 Å². The van der Waals surface area contributed by atoms with Gasteiger partial charge < -0.3 is 15.4 Å². The molecule has 0 saturated heterocycles. The molecular weight excluding hydrogens is 382 g/mol. The first-order valence-corrected chi connectivity index (χ1v) is 9.70. The van der Waals surface area contributed by atoms with Crippen LogP contribution in [0.25, 0.3) is 0 Å². The third-order valence-corrected chi connectivity index (χ3v) is 4.00. The van der Waals surface area contributed by atoms with Crippen LogP contribution in [-0.4, -0.2) is 53.4 Å². The van der Waals surface area contributed by atoms with Gasteiger partial charge in [0.2, 0.25) is 17.6 Å². The van der Waals surface area contributed by atoms with Crippen LogP contribution in [0.15, 0.2) is 0 Å². The summed E-state index contributed by atoms with van der Waals surface area (Å²) < 4.78 is 4.84. The third-order valence-electron chi connectivity index (χ3n) is 4.00. The van der Waals surface area contributed by atoms with Gasteiger partial charge in [0, 0.05) is 0 Å². The molecule has 0 aliphatic rings. The fraction of sp³-hybridized carbons (Fsp3) is 0.737. The fourth-order valence-corrected chi connectivity index (χ4v) is 2.63. The third kappa shape index (κ3) is 9.51. The highest BCUT2D eigenvalue weighted by Crippen LogP contribution is 2.15. The van der Waals surface area contributed by atoms with E-state index in [-0.39, 0.29) is 31.3 Å². The van der Waals surface area contributed by atoms with Crippen LogP contribution in [0.2, 0.25) is 0 Å². The van der Waals surface area contributed by atoms with Gasteiger partial charge >= 0.3 is 11.9 Å². The Balaban J connectivity index is 5.41. The number of nitrogens with one attached hydrogen (secondary N) is 3. The van der Waals surface area contributed by atoms with Gasteiger partial charge in [0.15, 0.2) is 0 Å². The summed E-state index contributed by atoms with van der Waals surface area (Å²) in [5.74, 6) is -5.83. The number of amides is 3. The molecule has 10 heteroatoms. The summed E-state index contributed by atoms with van der Waals surface area (Å²) in [7, 11) is 0. The first kappa shape index (κ1) is 26.5. The topological polar surface area (TPSA) is 151 Å². The zero-order valence-corrected chi connectivity index (χ0v) is 17.9. The van der Waals surface area contributed by atoms with E-state index in [9.17, 15) is 24.0 Å². The summed E-state index contributed by atoms with van der Waals surface area (Å²) in [6.07, 6.45) is 0.315. The molecule has 10 nitrogen and oxygen atoms in total. The van der Waals surface area contributed by atoms with Crippen molar-refractivity contribution in [3.05, 3.63) is 0 Å². The number of hydrogen-bond donors (Lipinski definition) is 4. The Kier molecular flexibility index (Phi) is 11.8. The van der Waals surface area contributed by atoms with Crippen LogP contribution in [0.3, 0.4) is 0 Å². The molecule has 0 saturated carbocycles. The lowest BCUT2D eigenvalue weighted by Gasteiger charge is -2.24. The second-order valence-corrected chi connectivity index (χ2v) is 7.66. The number of hydrogen-bond acceptors (Lipinski definition) is 7. The molecule has 0 bridgehead atoms. The van der Waals surface area contributed by atoms with E-state index in [1.807, 2.05) is 13.8 Å². The molecule has 0 fully saturated rings. The Labute approximate surface area is 171 Å². The molecule has 0 aliphatic heterocycles. The molecule has 0 spiro atoms. The molecule has 166 valence electrons. The Hall–Kier alpha value is -2.49. The number of carbonyl (C=O) groups is 5. The van der Waals surface area contributed by atoms with Crippen LogP contribution in [0.4, 0.5) is 0 Å². The number of esters is 1. The van der Waals surface area contributed by atoms with Gasteiger partial charge in [-0.2, -0.15) is 0 Å². The zero-order valence-electron chi connectivity index (χ0n) is 17.9. The van der Waals surface area contributed by atoms with Crippen molar-refractivity contribution in [1.29, 1.82) is 0 Å². The van der Waals surface area contributed by atoms with Gasteiger partial charge in [-0.3, -0.25) is 24.4 Å². The maximum absolute atomic E-state index is 12.7. The minimum Gasteiger partial charge on any atom is -0.464 e. The smallest absolute Gasteiger partial charge is 0.328 e. The van der Waals surface area contributed by atoms with Gasteiger partial charge in [-0.15, -0.1) is 0 Å². The number of hydroxylamine groups is 1. The Morgan fingerprint density at radius 1 is 0.862 bits per heavy atom. The molecule has 0 heterocycles. The van der Waals surface area contributed by atoms with Crippen molar-refractivity contribution in [2.75, 3.05) is 6.61 Å². The van der Waals surface area contributed by atoms with E-state index in [4.69, 9.17) is 9.94 Å². The van der Waals surface area contributed by atoms with Crippen LogP contribution in [-0.2, 0) is 28.7 Å². The Morgan fingerprint density at radius 3 is 1.86 bits per heavy atom. The monoisotopic (exact) mass is 415 g/mol. The second-order valence-electron chi connectivity index (χ2n) is 7.66. The Morgan fingerprint density at radius 2 is 1.41 bits per heavy atom. The second kappa shape index (κ2) is 12.9. The van der Waals surface area contributed by atoms with E-state index in [1.54, 1.807) is 20.8 Å². The van der Waals surface area contributed by atoms with E-state index >= 15 is 0 Å². The number of rotatable bonds is 12. The molecule has 1 unspecified atom stereocenters. The first-order valence-electron chi connectivity index (χ1n) is 9.70. The van der Waals surface area contributed by atoms with Crippen molar-refractivity contribution in [2.24, 2.45) is 17.8 Å². The van der Waals surface area contributed by atoms with Gasteiger partial charge in [0.05, 0.1) is 6.61 Å². The molecule has 3 atom stereocenters. The van der Waals surface area contributed by atoms with Gasteiger partial charge in [0.1, 0.15) is 18.0 Å². The quantitative estimate of drug-likeness (QED) is 0.118. The normalized spacial score (nSPS) is 14.0. The van der Waals surface area contributed by atoms with Crippen molar-refractivity contribution < 1.29 is 33.9 Å². The lowest BCUT2D eigenvalue weighted by Crippen LogP contribution is -2.54. The van der Waals surface area contributed by atoms with Gasteiger partial charge in [-0.1, -0.05) is 27.7 Å². The van der Waals surface area contributed by atoms with E-state index in [1.165, 1.54) is 12.4 Å². The van der Waals surface area contributed by atoms with E-state index in [0.29, 0.717) is 0 Å². The highest BCUT2D eigenvalue weighted by atomic mass is 16.5. The molecule has 0 aromatic rings. The van der Waals surface area contributed by atoms with Crippen molar-refractivity contribution in [3.63, 3.8) is 0 Å². The molecule has 29 heavy (non-hydrogen) atoms. The van der Waals surface area contributed by atoms with Gasteiger partial charge in [0.25, 0.3) is 0 Å². The molecule has 0 aliphatic carbocycles. The lowest BCUT2D eigenvalue weighted by atomic mass is 9.91. The van der Waals surface area contributed by atoms with Crippen LogP contribution in [0, 0.1) is 17.8 Å². The van der Waals surface area contributed by atoms with E-state index < -0.39 is 47.5 Å². The predicted molar refractivity (Wildman–Crippen MR) is 104 cm³/mol. The van der Waals surface area contributed by atoms with Gasteiger partial charge in [-0.25, -0.2) is 10.3 Å². The molecule has 0 aromatic heterocycles. The van der Waals surface area contributed by atoms with Crippen LogP contribution in [0.5, 0.6) is 0 Å². The molecule has 0 radical (unpaired) electrons. The summed E-state index contributed by atoms with van der Waals surface area (Å²) >= 11 is 0. The van der Waals surface area contributed by atoms with E-state index in [2.05, 4.69) is 10.6 Å². The first-order chi connectivity index (χ1) is 13.4. The molecule has 3 amide bonds. The van der Waals surface area contributed by atoms with E-state index in [0.717, 1.165) is 0 Å². The Bertz CT molecular complexity index is 605. The maximum Gasteiger partial charge on any atom is 0.328 e. The fourth-order valence-electron chi connectivity index (χ4n) is 2.63. The van der Waals surface area contributed by atoms with Gasteiger partial charge in [-0.05, 0) is 38.5 Å².